The van der Waals surface area contributed by atoms with Gasteiger partial charge in [-0.3, -0.25) is 0 Å². The van der Waals surface area contributed by atoms with Crippen molar-refractivity contribution in [3.05, 3.63) is 58.1 Å². The maximum absolute atomic E-state index is 5.99. The molecule has 2 heterocycles. The van der Waals surface area contributed by atoms with Gasteiger partial charge >= 0.3 is 0 Å². The van der Waals surface area contributed by atoms with Crippen molar-refractivity contribution in [1.29, 1.82) is 0 Å². The van der Waals surface area contributed by atoms with Crippen LogP contribution in [0.3, 0.4) is 0 Å². The number of fused-ring (bicyclic) bond motifs is 2. The molecule has 0 saturated carbocycles. The first kappa shape index (κ1) is 13.6. The van der Waals surface area contributed by atoms with E-state index in [1.165, 1.54) is 0 Å². The van der Waals surface area contributed by atoms with Crippen LogP contribution >= 0.6 is 23.2 Å². The van der Waals surface area contributed by atoms with Crippen LogP contribution in [0.4, 0.5) is 0 Å². The van der Waals surface area contributed by atoms with Gasteiger partial charge in [0.15, 0.2) is 0 Å². The zero-order chi connectivity index (χ0) is 15.1. The van der Waals surface area contributed by atoms with E-state index in [0.717, 1.165) is 46.6 Å². The molecule has 2 aromatic heterocycles. The molecular weight excluding hydrogens is 319 g/mol. The van der Waals surface area contributed by atoms with Crippen molar-refractivity contribution in [2.75, 3.05) is 0 Å². The van der Waals surface area contributed by atoms with E-state index in [1.807, 2.05) is 36.4 Å². The Hall–Kier alpha value is -2.04. The molecule has 0 aliphatic rings. The minimum atomic E-state index is 0.705. The number of H-pyrrole nitrogens is 2. The van der Waals surface area contributed by atoms with E-state index in [-0.39, 0.29) is 0 Å². The van der Waals surface area contributed by atoms with E-state index in [0.29, 0.717) is 10.0 Å². The standard InChI is InChI=1S/C16H12Cl2N4/c17-9-1-3-11-13(7-9)21-15(19-11)5-6-16-20-12-4-2-10(18)8-14(12)22-16/h1-4,7-8H,5-6H2,(H,19,21)(H,20,22). The molecule has 2 aromatic carbocycles. The Kier molecular flexibility index (Phi) is 3.28. The first-order chi connectivity index (χ1) is 10.7. The highest BCUT2D eigenvalue weighted by Crippen LogP contribution is 2.19. The monoisotopic (exact) mass is 330 g/mol. The second-order valence-electron chi connectivity index (χ2n) is 5.19. The fraction of sp³-hybridized carbons (Fsp3) is 0.125. The number of benzene rings is 2. The first-order valence-electron chi connectivity index (χ1n) is 6.96. The Morgan fingerprint density at radius 2 is 1.18 bits per heavy atom. The molecule has 0 fully saturated rings. The van der Waals surface area contributed by atoms with Crippen LogP contribution in [-0.2, 0) is 12.8 Å². The molecule has 0 amide bonds. The lowest BCUT2D eigenvalue weighted by Gasteiger charge is -1.93. The molecule has 2 N–H and O–H groups in total. The summed E-state index contributed by atoms with van der Waals surface area (Å²) in [6.45, 7) is 0. The lowest BCUT2D eigenvalue weighted by atomic mass is 10.3. The van der Waals surface area contributed by atoms with Crippen molar-refractivity contribution in [3.63, 3.8) is 0 Å². The van der Waals surface area contributed by atoms with E-state index < -0.39 is 0 Å². The van der Waals surface area contributed by atoms with Gasteiger partial charge in [-0.1, -0.05) is 23.2 Å². The number of aromatic amines is 2. The van der Waals surface area contributed by atoms with Gasteiger partial charge in [-0.15, -0.1) is 0 Å². The second-order valence-corrected chi connectivity index (χ2v) is 6.06. The summed E-state index contributed by atoms with van der Waals surface area (Å²) in [6, 6.07) is 11.3. The van der Waals surface area contributed by atoms with Gasteiger partial charge in [-0.25, -0.2) is 9.97 Å². The molecule has 0 unspecified atom stereocenters. The topological polar surface area (TPSA) is 57.4 Å². The highest BCUT2D eigenvalue weighted by Gasteiger charge is 2.07. The number of aromatic nitrogens is 4. The van der Waals surface area contributed by atoms with Gasteiger partial charge in [0, 0.05) is 22.9 Å². The van der Waals surface area contributed by atoms with Crippen LogP contribution in [0, 0.1) is 0 Å². The van der Waals surface area contributed by atoms with Crippen LogP contribution in [0.5, 0.6) is 0 Å². The summed E-state index contributed by atoms with van der Waals surface area (Å²) in [5.74, 6) is 1.85. The molecule has 0 aliphatic carbocycles. The molecule has 0 radical (unpaired) electrons. The number of halogens is 2. The maximum Gasteiger partial charge on any atom is 0.107 e. The van der Waals surface area contributed by atoms with Gasteiger partial charge in [0.1, 0.15) is 11.6 Å². The summed E-state index contributed by atoms with van der Waals surface area (Å²) in [5.41, 5.74) is 3.77. The summed E-state index contributed by atoms with van der Waals surface area (Å²) in [6.07, 6.45) is 1.56. The molecule has 4 aromatic rings. The Labute approximate surface area is 136 Å². The van der Waals surface area contributed by atoms with Gasteiger partial charge in [0.2, 0.25) is 0 Å². The Morgan fingerprint density at radius 1 is 0.727 bits per heavy atom. The van der Waals surface area contributed by atoms with Crippen LogP contribution < -0.4 is 0 Å². The van der Waals surface area contributed by atoms with Gasteiger partial charge < -0.3 is 9.97 Å². The van der Waals surface area contributed by atoms with Gasteiger partial charge in [-0.05, 0) is 36.4 Å². The summed E-state index contributed by atoms with van der Waals surface area (Å²) in [5, 5.41) is 1.41. The summed E-state index contributed by atoms with van der Waals surface area (Å²) in [7, 11) is 0. The molecule has 0 aliphatic heterocycles. The number of aryl methyl sites for hydroxylation is 2. The van der Waals surface area contributed by atoms with Gasteiger partial charge in [-0.2, -0.15) is 0 Å². The van der Waals surface area contributed by atoms with Crippen molar-refractivity contribution in [3.8, 4) is 0 Å². The zero-order valence-corrected chi connectivity index (χ0v) is 13.0. The third kappa shape index (κ3) is 2.56. The van der Waals surface area contributed by atoms with Crippen LogP contribution in [0.15, 0.2) is 36.4 Å². The molecule has 4 rings (SSSR count). The fourth-order valence-electron chi connectivity index (χ4n) is 2.54. The predicted molar refractivity (Wildman–Crippen MR) is 89.6 cm³/mol. The third-order valence-electron chi connectivity index (χ3n) is 3.58. The van der Waals surface area contributed by atoms with Crippen LogP contribution in [0.25, 0.3) is 22.1 Å². The smallest absolute Gasteiger partial charge is 0.107 e. The number of rotatable bonds is 3. The fourth-order valence-corrected chi connectivity index (χ4v) is 2.89. The van der Waals surface area contributed by atoms with Crippen LogP contribution in [-0.4, -0.2) is 19.9 Å². The maximum atomic E-state index is 5.99. The van der Waals surface area contributed by atoms with Crippen molar-refractivity contribution < 1.29 is 0 Å². The Balaban J connectivity index is 1.56. The minimum absolute atomic E-state index is 0.705. The average molecular weight is 331 g/mol. The van der Waals surface area contributed by atoms with E-state index >= 15 is 0 Å². The summed E-state index contributed by atoms with van der Waals surface area (Å²) < 4.78 is 0. The van der Waals surface area contributed by atoms with Gasteiger partial charge in [0.25, 0.3) is 0 Å². The first-order valence-corrected chi connectivity index (χ1v) is 7.71. The van der Waals surface area contributed by atoms with Crippen molar-refractivity contribution >= 4 is 45.3 Å². The predicted octanol–water partition coefficient (Wildman–Crippen LogP) is 4.53. The SMILES string of the molecule is Clc1ccc2nc(CCc3nc4ccc(Cl)cc4[nH]3)[nH]c2c1. The number of nitrogens with one attached hydrogen (secondary N) is 2. The molecule has 0 bridgehead atoms. The third-order valence-corrected chi connectivity index (χ3v) is 4.05. The largest absolute Gasteiger partial charge is 0.342 e. The summed E-state index contributed by atoms with van der Waals surface area (Å²) >= 11 is 12.0. The van der Waals surface area contributed by atoms with Gasteiger partial charge in [0.05, 0.1) is 22.1 Å². The lowest BCUT2D eigenvalue weighted by molar-refractivity contribution is 0.844. The molecule has 0 spiro atoms. The van der Waals surface area contributed by atoms with E-state index in [9.17, 15) is 0 Å². The number of imidazole rings is 2. The van der Waals surface area contributed by atoms with Crippen molar-refractivity contribution in [2.45, 2.75) is 12.8 Å². The van der Waals surface area contributed by atoms with E-state index in [4.69, 9.17) is 23.2 Å². The number of hydrogen-bond acceptors (Lipinski definition) is 2. The molecule has 22 heavy (non-hydrogen) atoms. The zero-order valence-electron chi connectivity index (χ0n) is 11.5. The van der Waals surface area contributed by atoms with Crippen LogP contribution in [0.2, 0.25) is 10.0 Å². The lowest BCUT2D eigenvalue weighted by Crippen LogP contribution is -1.95. The second kappa shape index (κ2) is 5.30. The molecule has 110 valence electrons. The molecule has 4 nitrogen and oxygen atoms in total. The number of hydrogen-bond donors (Lipinski definition) is 2. The van der Waals surface area contributed by atoms with Crippen LogP contribution in [0.1, 0.15) is 11.6 Å². The molecule has 0 saturated heterocycles. The summed E-state index contributed by atoms with van der Waals surface area (Å²) in [4.78, 5) is 15.7. The Bertz CT molecular complexity index is 891. The average Bonchev–Trinajstić information content (AvgIpc) is 3.07. The Morgan fingerprint density at radius 3 is 1.64 bits per heavy atom. The number of nitrogens with zero attached hydrogens (tertiary/aromatic N) is 2. The highest BCUT2D eigenvalue weighted by molar-refractivity contribution is 6.31. The molecular formula is C16H12Cl2N4. The molecule has 6 heteroatoms. The normalized spacial score (nSPS) is 11.5. The highest BCUT2D eigenvalue weighted by atomic mass is 35.5. The quantitative estimate of drug-likeness (QED) is 0.579. The van der Waals surface area contributed by atoms with E-state index in [2.05, 4.69) is 19.9 Å². The minimum Gasteiger partial charge on any atom is -0.342 e. The van der Waals surface area contributed by atoms with Crippen molar-refractivity contribution in [1.82, 2.24) is 19.9 Å². The van der Waals surface area contributed by atoms with Crippen molar-refractivity contribution in [2.24, 2.45) is 0 Å². The van der Waals surface area contributed by atoms with E-state index in [1.54, 1.807) is 0 Å². The molecule has 0 atom stereocenters.